The quantitative estimate of drug-likeness (QED) is 0.120. The lowest BCUT2D eigenvalue weighted by atomic mass is 9.30. The summed E-state index contributed by atoms with van der Waals surface area (Å²) < 4.78 is 42.8. The van der Waals surface area contributed by atoms with Gasteiger partial charge in [0.25, 0.3) is 0 Å². The van der Waals surface area contributed by atoms with Crippen molar-refractivity contribution in [1.29, 1.82) is 0 Å². The van der Waals surface area contributed by atoms with E-state index in [1.165, 1.54) is 0 Å². The van der Waals surface area contributed by atoms with Gasteiger partial charge in [-0.25, -0.2) is 0 Å². The first-order chi connectivity index (χ1) is 30.0. The van der Waals surface area contributed by atoms with E-state index >= 15 is 0 Å². The lowest BCUT2D eigenvalue weighted by Crippen LogP contribution is -2.74. The van der Waals surface area contributed by atoms with Crippen LogP contribution in [0.1, 0.15) is 106 Å². The molecule has 0 radical (unpaired) electrons. The molecule has 2 bridgehead atoms. The molecule has 24 atom stereocenters. The monoisotopic (exact) mass is 910 g/mol. The van der Waals surface area contributed by atoms with Crippen molar-refractivity contribution in [1.82, 2.24) is 0 Å². The first-order valence-corrected chi connectivity index (χ1v) is 23.7. The van der Waals surface area contributed by atoms with E-state index in [1.807, 2.05) is 0 Å². The number of hydrogen-bond donors (Lipinski definition) is 9. The van der Waals surface area contributed by atoms with Gasteiger partial charge < -0.3 is 83.9 Å². The third-order valence-corrected chi connectivity index (χ3v) is 19.9. The molecule has 24 unspecified atom stereocenters. The van der Waals surface area contributed by atoms with E-state index in [2.05, 4.69) is 48.1 Å². The molecule has 9 fully saturated rings. The van der Waals surface area contributed by atoms with Crippen LogP contribution >= 0.6 is 0 Å². The van der Waals surface area contributed by atoms with Crippen LogP contribution in [0.5, 0.6) is 0 Å². The zero-order chi connectivity index (χ0) is 46.3. The minimum absolute atomic E-state index is 0.00858. The van der Waals surface area contributed by atoms with Crippen molar-refractivity contribution in [2.24, 2.45) is 50.2 Å². The third kappa shape index (κ3) is 6.53. The second-order valence-corrected chi connectivity index (χ2v) is 23.0. The number of aliphatic hydroxyl groups is 9. The Morgan fingerprint density at radius 2 is 1.36 bits per heavy atom. The number of rotatable bonds is 8. The molecule has 364 valence electrons. The van der Waals surface area contributed by atoms with Gasteiger partial charge in [0.1, 0.15) is 72.9 Å². The largest absolute Gasteiger partial charge is 0.491 e. The van der Waals surface area contributed by atoms with Crippen LogP contribution < -0.4 is 0 Å². The van der Waals surface area contributed by atoms with Crippen LogP contribution in [0.3, 0.4) is 0 Å². The van der Waals surface area contributed by atoms with Crippen molar-refractivity contribution >= 4 is 6.29 Å². The summed E-state index contributed by atoms with van der Waals surface area (Å²) in [6.07, 6.45) is -11.8. The SMILES string of the molecule is C=C1OC23CCC4C5(C)CCC(OC6OCC(OC7OC(CO)C(O)C(O)C7OC7OCC(O)C(O)C7O)C(O)C6O)C(C)(C)C5CCC4(C)C2(C)CC(O)C12CCC(C)(C=O)CC23. The summed E-state index contributed by atoms with van der Waals surface area (Å²) in [6, 6.07) is 0. The highest BCUT2D eigenvalue weighted by atomic mass is 16.8. The molecule has 0 aromatic rings. The van der Waals surface area contributed by atoms with Crippen molar-refractivity contribution < 1.29 is 83.9 Å². The Morgan fingerprint density at radius 3 is 2.06 bits per heavy atom. The minimum Gasteiger partial charge on any atom is -0.491 e. The maximum Gasteiger partial charge on any atom is 0.187 e. The summed E-state index contributed by atoms with van der Waals surface area (Å²) in [7, 11) is 0. The maximum atomic E-state index is 12.5. The Bertz CT molecular complexity index is 1780. The van der Waals surface area contributed by atoms with E-state index in [4.69, 9.17) is 33.2 Å². The number of fused-ring (bicyclic) bond motifs is 4. The third-order valence-electron chi connectivity index (χ3n) is 19.9. The fourth-order valence-corrected chi connectivity index (χ4v) is 16.0. The lowest BCUT2D eigenvalue weighted by Gasteiger charge is -2.74. The van der Waals surface area contributed by atoms with Crippen LogP contribution in [-0.4, -0.2) is 170 Å². The second kappa shape index (κ2) is 16.1. The number of carbonyl (C=O) groups excluding carboxylic acids is 1. The van der Waals surface area contributed by atoms with E-state index < -0.39 is 116 Å². The van der Waals surface area contributed by atoms with Crippen LogP contribution in [0.2, 0.25) is 0 Å². The Kier molecular flexibility index (Phi) is 12.0. The Labute approximate surface area is 375 Å². The average molecular weight is 911 g/mol. The highest BCUT2D eigenvalue weighted by Gasteiger charge is 2.82. The van der Waals surface area contributed by atoms with E-state index in [9.17, 15) is 50.8 Å². The first kappa shape index (κ1) is 47.7. The summed E-state index contributed by atoms with van der Waals surface area (Å²) in [5.41, 5.74) is -2.55. The lowest BCUT2D eigenvalue weighted by molar-refractivity contribution is -0.378. The van der Waals surface area contributed by atoms with Crippen molar-refractivity contribution in [3.63, 3.8) is 0 Å². The second-order valence-electron chi connectivity index (χ2n) is 23.0. The van der Waals surface area contributed by atoms with Gasteiger partial charge in [-0.2, -0.15) is 0 Å². The van der Waals surface area contributed by atoms with Crippen LogP contribution in [0.4, 0.5) is 0 Å². The molecule has 4 saturated heterocycles. The standard InChI is InChI=1S/C47H74O17/c1-22-46-15-14-42(4,21-49)16-28(46)47(64-22)13-9-27-43(5)11-10-30(41(2,3)26(43)8-12-44(27,6)45(47,7)17-29(46)51)62-38-36(57)33(54)25(20-59-38)61-40-37(34(55)32(53)24(18-48)60-40)63-39-35(56)31(52)23(50)19-58-39/h21,23-40,48,50-57H,1,8-20H2,2-7H3. The van der Waals surface area contributed by atoms with Gasteiger partial charge in [-0.3, -0.25) is 0 Å². The van der Waals surface area contributed by atoms with E-state index in [1.54, 1.807) is 0 Å². The van der Waals surface area contributed by atoms with Gasteiger partial charge in [-0.15, -0.1) is 0 Å². The zero-order valence-corrected chi connectivity index (χ0v) is 38.2. The number of aliphatic hydroxyl groups excluding tert-OH is 9. The summed E-state index contributed by atoms with van der Waals surface area (Å²) in [6.45, 7) is 16.8. The molecule has 5 aliphatic carbocycles. The molecule has 64 heavy (non-hydrogen) atoms. The van der Waals surface area contributed by atoms with Gasteiger partial charge >= 0.3 is 0 Å². The molecular formula is C47H74O17. The number of hydrogen-bond acceptors (Lipinski definition) is 17. The minimum atomic E-state index is -1.76. The van der Waals surface area contributed by atoms with Crippen molar-refractivity contribution in [2.75, 3.05) is 19.8 Å². The van der Waals surface area contributed by atoms with E-state index in [-0.39, 0.29) is 46.2 Å². The highest BCUT2D eigenvalue weighted by molar-refractivity contribution is 5.59. The molecule has 0 amide bonds. The van der Waals surface area contributed by atoms with Gasteiger partial charge in [0.15, 0.2) is 18.9 Å². The van der Waals surface area contributed by atoms with E-state index in [0.29, 0.717) is 43.8 Å². The molecule has 9 N–H and O–H groups in total. The van der Waals surface area contributed by atoms with Crippen molar-refractivity contribution in [3.05, 3.63) is 12.3 Å². The maximum absolute atomic E-state index is 12.5. The summed E-state index contributed by atoms with van der Waals surface area (Å²) in [5.74, 6) is 1.26. The fourth-order valence-electron chi connectivity index (χ4n) is 16.0. The number of ether oxygens (including phenoxy) is 7. The molecule has 4 heterocycles. The molecule has 17 nitrogen and oxygen atoms in total. The predicted octanol–water partition coefficient (Wildman–Crippen LogP) is 0.796. The Morgan fingerprint density at radius 1 is 0.688 bits per heavy atom. The van der Waals surface area contributed by atoms with Crippen molar-refractivity contribution in [2.45, 2.75) is 203 Å². The molecule has 9 rings (SSSR count). The molecular weight excluding hydrogens is 836 g/mol. The van der Waals surface area contributed by atoms with Crippen LogP contribution in [0.15, 0.2) is 12.3 Å². The molecule has 0 aromatic carbocycles. The van der Waals surface area contributed by atoms with Gasteiger partial charge in [0.05, 0.1) is 43.2 Å². The Balaban J connectivity index is 0.888. The zero-order valence-electron chi connectivity index (χ0n) is 38.2. The van der Waals surface area contributed by atoms with Crippen molar-refractivity contribution in [3.8, 4) is 0 Å². The average Bonchev–Trinajstić information content (AvgIpc) is 3.46. The van der Waals surface area contributed by atoms with Crippen LogP contribution in [0.25, 0.3) is 0 Å². The summed E-state index contributed by atoms with van der Waals surface area (Å²) in [4.78, 5) is 12.5. The van der Waals surface area contributed by atoms with Crippen LogP contribution in [0, 0.1) is 50.2 Å². The van der Waals surface area contributed by atoms with Gasteiger partial charge in [0, 0.05) is 16.7 Å². The normalized spacial score (nSPS) is 58.0. The first-order valence-electron chi connectivity index (χ1n) is 23.7. The highest BCUT2D eigenvalue weighted by Crippen LogP contribution is 2.82. The molecule has 5 saturated carbocycles. The number of carbonyl (C=O) groups is 1. The number of aldehydes is 1. The van der Waals surface area contributed by atoms with Gasteiger partial charge in [-0.1, -0.05) is 48.1 Å². The van der Waals surface area contributed by atoms with Gasteiger partial charge in [0.2, 0.25) is 0 Å². The van der Waals surface area contributed by atoms with Gasteiger partial charge in [-0.05, 0) is 92.3 Å². The molecule has 9 aliphatic rings. The molecule has 0 aromatic heterocycles. The predicted molar refractivity (Wildman–Crippen MR) is 222 cm³/mol. The molecule has 17 heteroatoms. The molecule has 1 spiro atoms. The smallest absolute Gasteiger partial charge is 0.187 e. The fraction of sp³-hybridized carbons (Fsp3) is 0.936. The van der Waals surface area contributed by atoms with Crippen LogP contribution in [-0.2, 0) is 38.0 Å². The topological polar surface area (TPSA) is 264 Å². The van der Waals surface area contributed by atoms with E-state index in [0.717, 1.165) is 38.4 Å². The Hall–Kier alpha value is -1.39. The summed E-state index contributed by atoms with van der Waals surface area (Å²) >= 11 is 0. The molecule has 4 aliphatic heterocycles. The summed E-state index contributed by atoms with van der Waals surface area (Å²) in [5, 5.41) is 97.4.